The molecule has 0 fully saturated rings. The van der Waals surface area contributed by atoms with E-state index in [2.05, 4.69) is 9.98 Å². The Hall–Kier alpha value is -1.92. The Labute approximate surface area is 133 Å². The van der Waals surface area contributed by atoms with Gasteiger partial charge in [0, 0.05) is 0 Å². The molecule has 0 bridgehead atoms. The monoisotopic (exact) mass is 346 g/mol. The average Bonchev–Trinajstić information content (AvgIpc) is 2.43. The van der Waals surface area contributed by atoms with Crippen molar-refractivity contribution in [2.24, 2.45) is 9.98 Å². The van der Waals surface area contributed by atoms with E-state index < -0.39 is 12.0 Å². The van der Waals surface area contributed by atoms with E-state index >= 15 is 0 Å². The van der Waals surface area contributed by atoms with Crippen molar-refractivity contribution >= 4 is 46.2 Å². The van der Waals surface area contributed by atoms with Gasteiger partial charge in [-0.05, 0) is 42.5 Å². The maximum Gasteiger partial charge on any atom is 0.451 e. The highest BCUT2D eigenvalue weighted by atomic mass is 35.5. The van der Waals surface area contributed by atoms with Crippen LogP contribution in [0.1, 0.15) is 0 Å². The van der Waals surface area contributed by atoms with E-state index in [-0.39, 0.29) is 27.2 Å². The van der Waals surface area contributed by atoms with Gasteiger partial charge in [-0.3, -0.25) is 4.79 Å². The maximum atomic E-state index is 13.0. The Morgan fingerprint density at radius 3 is 2.18 bits per heavy atom. The number of halogens is 5. The second kappa shape index (κ2) is 6.46. The summed E-state index contributed by atoms with van der Waals surface area (Å²) < 4.78 is 39.0. The standard InChI is InChI=1S/C14H7Cl2F3N2O/c15-11-6-3-9(7-12(11)16)21-13(14(17,18)19)20-8-1-4-10(22)5-2-8/h1-7H. The predicted octanol–water partition coefficient (Wildman–Crippen LogP) is 4.72. The number of carbonyl (C=O) groups excluding carboxylic acids is 1. The van der Waals surface area contributed by atoms with Crippen LogP contribution in [-0.2, 0) is 4.79 Å². The number of hydrogen-bond acceptors (Lipinski definition) is 2. The lowest BCUT2D eigenvalue weighted by Gasteiger charge is -2.08. The zero-order valence-electron chi connectivity index (χ0n) is 10.7. The molecule has 0 unspecified atom stereocenters. The van der Waals surface area contributed by atoms with Crippen molar-refractivity contribution in [2.75, 3.05) is 0 Å². The summed E-state index contributed by atoms with van der Waals surface area (Å²) in [5.41, 5.74) is -0.0679. The zero-order chi connectivity index (χ0) is 16.3. The van der Waals surface area contributed by atoms with E-state index in [0.717, 1.165) is 12.2 Å². The molecule has 0 aliphatic heterocycles. The van der Waals surface area contributed by atoms with Crippen LogP contribution in [0.3, 0.4) is 0 Å². The zero-order valence-corrected chi connectivity index (χ0v) is 12.2. The summed E-state index contributed by atoms with van der Waals surface area (Å²) in [5.74, 6) is -1.68. The number of nitrogens with zero attached hydrogens (tertiary/aromatic N) is 2. The highest BCUT2D eigenvalue weighted by Crippen LogP contribution is 2.29. The molecule has 0 saturated heterocycles. The Kier molecular flexibility index (Phi) is 4.83. The molecule has 1 aliphatic carbocycles. The first kappa shape index (κ1) is 16.5. The van der Waals surface area contributed by atoms with Crippen molar-refractivity contribution in [1.82, 2.24) is 0 Å². The van der Waals surface area contributed by atoms with Gasteiger partial charge >= 0.3 is 6.18 Å². The lowest BCUT2D eigenvalue weighted by Crippen LogP contribution is -2.22. The molecule has 0 amide bonds. The van der Waals surface area contributed by atoms with Crippen LogP contribution in [0.15, 0.2) is 52.5 Å². The predicted molar refractivity (Wildman–Crippen MR) is 80.3 cm³/mol. The second-order valence-corrected chi connectivity index (χ2v) is 4.95. The normalized spacial score (nSPS) is 15.4. The number of aliphatic imine (C=N–C) groups is 2. The number of hydrogen-bond donors (Lipinski definition) is 0. The third-order valence-electron chi connectivity index (χ3n) is 2.46. The van der Waals surface area contributed by atoms with Gasteiger partial charge in [0.15, 0.2) is 5.78 Å². The molecule has 8 heteroatoms. The first-order chi connectivity index (χ1) is 10.3. The molecule has 1 aromatic carbocycles. The minimum atomic E-state index is -4.76. The maximum absolute atomic E-state index is 13.0. The first-order valence-electron chi connectivity index (χ1n) is 5.85. The van der Waals surface area contributed by atoms with E-state index in [4.69, 9.17) is 23.2 Å². The van der Waals surface area contributed by atoms with Gasteiger partial charge in [-0.1, -0.05) is 23.2 Å². The van der Waals surface area contributed by atoms with Gasteiger partial charge in [-0.2, -0.15) is 13.2 Å². The Balaban J connectivity index is 2.43. The topological polar surface area (TPSA) is 41.8 Å². The van der Waals surface area contributed by atoms with E-state index in [9.17, 15) is 18.0 Å². The quantitative estimate of drug-likeness (QED) is 0.412. The molecule has 0 spiro atoms. The summed E-state index contributed by atoms with van der Waals surface area (Å²) in [6, 6.07) is 3.82. The molecular weight excluding hydrogens is 340 g/mol. The lowest BCUT2D eigenvalue weighted by atomic mass is 10.1. The molecule has 0 saturated carbocycles. The molecule has 0 atom stereocenters. The van der Waals surface area contributed by atoms with Crippen LogP contribution in [0.4, 0.5) is 18.9 Å². The molecular formula is C14H7Cl2F3N2O. The summed E-state index contributed by atoms with van der Waals surface area (Å²) in [7, 11) is 0. The van der Waals surface area contributed by atoms with Gasteiger partial charge < -0.3 is 0 Å². The number of alkyl halides is 3. The van der Waals surface area contributed by atoms with Crippen molar-refractivity contribution in [2.45, 2.75) is 6.18 Å². The molecule has 1 aromatic rings. The van der Waals surface area contributed by atoms with E-state index in [0.29, 0.717) is 0 Å². The summed E-state index contributed by atoms with van der Waals surface area (Å²) in [5, 5.41) is 0.289. The van der Waals surface area contributed by atoms with Gasteiger partial charge in [0.2, 0.25) is 5.84 Å². The average molecular weight is 347 g/mol. The minimum Gasteiger partial charge on any atom is -0.290 e. The molecule has 0 heterocycles. The molecule has 0 radical (unpaired) electrons. The summed E-state index contributed by atoms with van der Waals surface area (Å²) in [6.45, 7) is 0. The Morgan fingerprint density at radius 1 is 1.00 bits per heavy atom. The Morgan fingerprint density at radius 2 is 1.64 bits per heavy atom. The SMILES string of the molecule is O=C1C=CC(=NC(=Nc2ccc(Cl)c(Cl)c2)C(F)(F)F)C=C1. The molecule has 22 heavy (non-hydrogen) atoms. The van der Waals surface area contributed by atoms with Crippen LogP contribution in [0.5, 0.6) is 0 Å². The van der Waals surface area contributed by atoms with Gasteiger partial charge in [0.1, 0.15) is 0 Å². The van der Waals surface area contributed by atoms with Crippen LogP contribution in [0.25, 0.3) is 0 Å². The van der Waals surface area contributed by atoms with Crippen molar-refractivity contribution in [3.63, 3.8) is 0 Å². The fraction of sp³-hybridized carbons (Fsp3) is 0.0714. The highest BCUT2D eigenvalue weighted by Gasteiger charge is 2.36. The first-order valence-corrected chi connectivity index (χ1v) is 6.61. The smallest absolute Gasteiger partial charge is 0.290 e. The fourth-order valence-electron chi connectivity index (χ4n) is 1.47. The lowest BCUT2D eigenvalue weighted by molar-refractivity contribution is -0.110. The summed E-state index contributed by atoms with van der Waals surface area (Å²) in [6.07, 6.45) is -0.170. The van der Waals surface area contributed by atoms with Gasteiger partial charge in [0.05, 0.1) is 21.4 Å². The van der Waals surface area contributed by atoms with Crippen LogP contribution >= 0.6 is 23.2 Å². The van der Waals surface area contributed by atoms with E-state index in [1.807, 2.05) is 0 Å². The highest BCUT2D eigenvalue weighted by molar-refractivity contribution is 6.42. The number of carbonyl (C=O) groups is 1. The van der Waals surface area contributed by atoms with Crippen molar-refractivity contribution in [3.8, 4) is 0 Å². The third-order valence-corrected chi connectivity index (χ3v) is 3.20. The largest absolute Gasteiger partial charge is 0.451 e. The van der Waals surface area contributed by atoms with Crippen LogP contribution in [0, 0.1) is 0 Å². The summed E-state index contributed by atoms with van der Waals surface area (Å²) >= 11 is 11.4. The molecule has 3 nitrogen and oxygen atoms in total. The number of rotatable bonds is 1. The third kappa shape index (κ3) is 4.29. The van der Waals surface area contributed by atoms with E-state index in [1.54, 1.807) is 0 Å². The Bertz CT molecular complexity index is 716. The van der Waals surface area contributed by atoms with E-state index in [1.165, 1.54) is 30.4 Å². The van der Waals surface area contributed by atoms with Crippen LogP contribution < -0.4 is 0 Å². The number of allylic oxidation sites excluding steroid dienone is 4. The van der Waals surface area contributed by atoms with Crippen LogP contribution in [0.2, 0.25) is 10.0 Å². The van der Waals surface area contributed by atoms with Crippen LogP contribution in [-0.4, -0.2) is 23.5 Å². The fourth-order valence-corrected chi connectivity index (χ4v) is 1.76. The molecule has 114 valence electrons. The van der Waals surface area contributed by atoms with Gasteiger partial charge in [-0.15, -0.1) is 0 Å². The number of amidine groups is 1. The molecule has 0 N–H and O–H groups in total. The number of benzene rings is 1. The van der Waals surface area contributed by atoms with Crippen molar-refractivity contribution in [1.29, 1.82) is 0 Å². The van der Waals surface area contributed by atoms with Crippen molar-refractivity contribution < 1.29 is 18.0 Å². The number of ketones is 1. The molecule has 2 rings (SSSR count). The minimum absolute atomic E-state index is 0.0317. The van der Waals surface area contributed by atoms with Gasteiger partial charge in [-0.25, -0.2) is 9.98 Å². The second-order valence-electron chi connectivity index (χ2n) is 4.14. The molecule has 0 aromatic heterocycles. The van der Waals surface area contributed by atoms with Crippen molar-refractivity contribution in [3.05, 3.63) is 52.5 Å². The molecule has 1 aliphatic rings. The summed E-state index contributed by atoms with van der Waals surface area (Å²) in [4.78, 5) is 17.8. The van der Waals surface area contributed by atoms with Gasteiger partial charge in [0.25, 0.3) is 0 Å².